The molecule has 8 atom stereocenters. The van der Waals surface area contributed by atoms with Crippen LogP contribution in [0.2, 0.25) is 0 Å². The van der Waals surface area contributed by atoms with E-state index in [-0.39, 0.29) is 11.9 Å². The highest BCUT2D eigenvalue weighted by Crippen LogP contribution is 2.54. The van der Waals surface area contributed by atoms with Crippen LogP contribution in [-0.4, -0.2) is 12.6 Å². The Morgan fingerprint density at radius 3 is 2.20 bits per heavy atom. The molecule has 20 heavy (non-hydrogen) atoms. The fourth-order valence-electron chi connectivity index (χ4n) is 5.12. The molecular formula is C18H28O2. The van der Waals surface area contributed by atoms with Crippen molar-refractivity contribution in [2.45, 2.75) is 52.4 Å². The molecule has 4 saturated carbocycles. The van der Waals surface area contributed by atoms with Gasteiger partial charge in [0, 0.05) is 0 Å². The highest BCUT2D eigenvalue weighted by molar-refractivity contribution is 5.73. The highest BCUT2D eigenvalue weighted by Gasteiger charge is 2.48. The smallest absolute Gasteiger partial charge is 0.309 e. The van der Waals surface area contributed by atoms with E-state index in [0.29, 0.717) is 18.4 Å². The normalized spacial score (nSPS) is 52.7. The Bertz CT molecular complexity index is 404. The van der Waals surface area contributed by atoms with E-state index in [0.717, 1.165) is 36.0 Å². The van der Waals surface area contributed by atoms with Gasteiger partial charge in [-0.1, -0.05) is 13.8 Å². The van der Waals surface area contributed by atoms with Crippen molar-refractivity contribution in [1.82, 2.24) is 0 Å². The minimum absolute atomic E-state index is 0.118. The molecule has 0 aromatic heterocycles. The number of hydrogen-bond donors (Lipinski definition) is 0. The molecule has 4 rings (SSSR count). The van der Waals surface area contributed by atoms with Crippen molar-refractivity contribution in [2.75, 3.05) is 6.61 Å². The lowest BCUT2D eigenvalue weighted by molar-refractivity contribution is -0.154. The van der Waals surface area contributed by atoms with Crippen LogP contribution in [0.3, 0.4) is 0 Å². The van der Waals surface area contributed by atoms with Crippen molar-refractivity contribution in [1.29, 1.82) is 0 Å². The molecule has 0 aromatic carbocycles. The number of esters is 1. The van der Waals surface area contributed by atoms with Gasteiger partial charge in [0.1, 0.15) is 0 Å². The Kier molecular flexibility index (Phi) is 3.12. The van der Waals surface area contributed by atoms with Crippen molar-refractivity contribution >= 4 is 5.97 Å². The van der Waals surface area contributed by atoms with E-state index < -0.39 is 0 Å². The van der Waals surface area contributed by atoms with Gasteiger partial charge < -0.3 is 4.74 Å². The Morgan fingerprint density at radius 1 is 0.850 bits per heavy atom. The molecule has 0 saturated heterocycles. The molecule has 0 amide bonds. The summed E-state index contributed by atoms with van der Waals surface area (Å²) in [4.78, 5) is 12.4. The van der Waals surface area contributed by atoms with Gasteiger partial charge in [-0.05, 0) is 80.0 Å². The van der Waals surface area contributed by atoms with Crippen LogP contribution < -0.4 is 0 Å². The van der Waals surface area contributed by atoms with Gasteiger partial charge >= 0.3 is 5.97 Å². The van der Waals surface area contributed by atoms with Crippen LogP contribution in [0.15, 0.2) is 0 Å². The maximum Gasteiger partial charge on any atom is 0.309 e. The fraction of sp³-hybridized carbons (Fsp3) is 0.944. The lowest BCUT2D eigenvalue weighted by Gasteiger charge is -2.30. The topological polar surface area (TPSA) is 26.3 Å². The second-order valence-electron chi connectivity index (χ2n) is 8.41. The van der Waals surface area contributed by atoms with Crippen molar-refractivity contribution in [2.24, 2.45) is 47.3 Å². The van der Waals surface area contributed by atoms with Crippen LogP contribution in [-0.2, 0) is 9.53 Å². The van der Waals surface area contributed by atoms with Gasteiger partial charge in [0.25, 0.3) is 0 Å². The molecule has 2 nitrogen and oxygen atoms in total. The minimum Gasteiger partial charge on any atom is -0.465 e. The van der Waals surface area contributed by atoms with Crippen LogP contribution in [0.25, 0.3) is 0 Å². The van der Waals surface area contributed by atoms with Crippen LogP contribution in [0.4, 0.5) is 0 Å². The molecule has 2 heteroatoms. The van der Waals surface area contributed by atoms with Crippen LogP contribution in [0.5, 0.6) is 0 Å². The van der Waals surface area contributed by atoms with E-state index in [1.807, 2.05) is 0 Å². The molecule has 4 aliphatic rings. The van der Waals surface area contributed by atoms with Crippen molar-refractivity contribution in [3.05, 3.63) is 0 Å². The van der Waals surface area contributed by atoms with E-state index in [9.17, 15) is 4.79 Å². The zero-order valence-corrected chi connectivity index (χ0v) is 12.9. The third-order valence-electron chi connectivity index (χ3n) is 6.88. The maximum absolute atomic E-state index is 12.4. The first-order chi connectivity index (χ1) is 9.61. The second kappa shape index (κ2) is 4.74. The average molecular weight is 276 g/mol. The van der Waals surface area contributed by atoms with E-state index in [1.165, 1.54) is 32.1 Å². The molecule has 0 heterocycles. The number of ether oxygens (including phenoxy) is 1. The zero-order valence-electron chi connectivity index (χ0n) is 12.9. The van der Waals surface area contributed by atoms with Gasteiger partial charge in [0.15, 0.2) is 0 Å². The summed E-state index contributed by atoms with van der Waals surface area (Å²) in [7, 11) is 0. The predicted molar refractivity (Wildman–Crippen MR) is 77.9 cm³/mol. The van der Waals surface area contributed by atoms with Gasteiger partial charge in [-0.2, -0.15) is 0 Å². The van der Waals surface area contributed by atoms with Gasteiger partial charge in [0.2, 0.25) is 0 Å². The predicted octanol–water partition coefficient (Wildman–Crippen LogP) is 3.89. The van der Waals surface area contributed by atoms with Gasteiger partial charge in [-0.25, -0.2) is 0 Å². The molecule has 4 aliphatic carbocycles. The lowest BCUT2D eigenvalue weighted by Crippen LogP contribution is -2.31. The number of carbonyl (C=O) groups is 1. The molecule has 0 radical (unpaired) electrons. The van der Waals surface area contributed by atoms with Crippen molar-refractivity contribution in [3.8, 4) is 0 Å². The maximum atomic E-state index is 12.4. The number of rotatable bonds is 3. The van der Waals surface area contributed by atoms with Gasteiger partial charge in [-0.3, -0.25) is 4.79 Å². The summed E-state index contributed by atoms with van der Waals surface area (Å²) in [5.74, 6) is 6.03. The molecule has 4 fully saturated rings. The van der Waals surface area contributed by atoms with E-state index >= 15 is 0 Å². The summed E-state index contributed by atoms with van der Waals surface area (Å²) in [5, 5.41) is 0. The Hall–Kier alpha value is -0.530. The third kappa shape index (κ3) is 2.40. The van der Waals surface area contributed by atoms with Gasteiger partial charge in [0.05, 0.1) is 12.5 Å². The Morgan fingerprint density at radius 2 is 1.45 bits per heavy atom. The van der Waals surface area contributed by atoms with E-state index in [4.69, 9.17) is 4.74 Å². The molecule has 0 aromatic rings. The summed E-state index contributed by atoms with van der Waals surface area (Å²) >= 11 is 0. The Balaban J connectivity index is 1.29. The van der Waals surface area contributed by atoms with Crippen LogP contribution in [0.1, 0.15) is 52.4 Å². The van der Waals surface area contributed by atoms with Crippen molar-refractivity contribution < 1.29 is 9.53 Å². The second-order valence-corrected chi connectivity index (χ2v) is 8.41. The summed E-state index contributed by atoms with van der Waals surface area (Å²) in [6.07, 6.45) is 7.86. The number of fused-ring (bicyclic) bond motifs is 2. The summed E-state index contributed by atoms with van der Waals surface area (Å²) in [6, 6.07) is 0. The first-order valence-electron chi connectivity index (χ1n) is 8.78. The average Bonchev–Trinajstić information content (AvgIpc) is 3.29. The van der Waals surface area contributed by atoms with Gasteiger partial charge in [-0.15, -0.1) is 0 Å². The SMILES string of the molecule is CC1CC2CC2CC1COC(=O)C1CC2CC2CC1C. The Labute approximate surface area is 122 Å². The summed E-state index contributed by atoms with van der Waals surface area (Å²) in [6.45, 7) is 5.30. The van der Waals surface area contributed by atoms with Crippen LogP contribution >= 0.6 is 0 Å². The third-order valence-corrected chi connectivity index (χ3v) is 6.88. The number of hydrogen-bond acceptors (Lipinski definition) is 2. The minimum atomic E-state index is 0.118. The first kappa shape index (κ1) is 13.2. The fourth-order valence-corrected chi connectivity index (χ4v) is 5.12. The first-order valence-corrected chi connectivity index (χ1v) is 8.78. The quantitative estimate of drug-likeness (QED) is 0.731. The summed E-state index contributed by atoms with van der Waals surface area (Å²) < 4.78 is 5.76. The lowest BCUT2D eigenvalue weighted by atomic mass is 9.80. The molecule has 0 spiro atoms. The highest BCUT2D eigenvalue weighted by atomic mass is 16.5. The molecule has 0 N–H and O–H groups in total. The number of carbonyl (C=O) groups excluding carboxylic acids is 1. The zero-order chi connectivity index (χ0) is 13.9. The molecule has 8 unspecified atom stereocenters. The largest absolute Gasteiger partial charge is 0.465 e. The molecule has 0 aliphatic heterocycles. The summed E-state index contributed by atoms with van der Waals surface area (Å²) in [5.41, 5.74) is 0. The van der Waals surface area contributed by atoms with E-state index in [2.05, 4.69) is 13.8 Å². The molecule has 0 bridgehead atoms. The standard InChI is InChI=1S/C18H28O2/c1-10-3-12-5-14(12)7-16(10)9-20-18(19)17-8-15-6-13(15)4-11(17)2/h10-17H,3-9H2,1-2H3. The van der Waals surface area contributed by atoms with Crippen LogP contribution in [0, 0.1) is 47.3 Å². The van der Waals surface area contributed by atoms with Crippen molar-refractivity contribution in [3.63, 3.8) is 0 Å². The monoisotopic (exact) mass is 276 g/mol. The molecule has 112 valence electrons. The van der Waals surface area contributed by atoms with E-state index in [1.54, 1.807) is 0 Å². The molecular weight excluding hydrogens is 248 g/mol.